The monoisotopic (exact) mass is 395 g/mol. The molecule has 0 saturated heterocycles. The second-order valence-electron chi connectivity index (χ2n) is 7.02. The number of carbonyl (C=O) groups excluding carboxylic acids is 1. The molecule has 0 fully saturated rings. The van der Waals surface area contributed by atoms with Gasteiger partial charge in [-0.3, -0.25) is 0 Å². The summed E-state index contributed by atoms with van der Waals surface area (Å²) < 4.78 is 32.1. The average molecular weight is 395 g/mol. The van der Waals surface area contributed by atoms with E-state index in [-0.39, 0.29) is 17.4 Å². The highest BCUT2D eigenvalue weighted by molar-refractivity contribution is 7.89. The van der Waals surface area contributed by atoms with Crippen molar-refractivity contribution in [3.8, 4) is 0 Å². The van der Waals surface area contributed by atoms with Crippen LogP contribution in [0.15, 0.2) is 58.9 Å². The summed E-state index contributed by atoms with van der Waals surface area (Å²) in [5.74, 6) is -0.487. The van der Waals surface area contributed by atoms with Gasteiger partial charge in [-0.25, -0.2) is 13.2 Å². The molecule has 3 rings (SSSR count). The van der Waals surface area contributed by atoms with Crippen molar-refractivity contribution in [1.29, 1.82) is 0 Å². The Hall–Kier alpha value is -2.38. The summed E-state index contributed by atoms with van der Waals surface area (Å²) in [4.78, 5) is 11.9. The maximum atomic E-state index is 13.0. The van der Waals surface area contributed by atoms with E-state index in [0.717, 1.165) is 16.7 Å². The van der Waals surface area contributed by atoms with Crippen molar-refractivity contribution in [2.45, 2.75) is 18.7 Å². The fraction of sp³-hybridized carbons (Fsp3) is 0.286. The number of nitrogens with zero attached hydrogens (tertiary/aromatic N) is 1. The molecule has 144 valence electrons. The van der Waals surface area contributed by atoms with Crippen LogP contribution < -0.4 is 0 Å². The normalized spacial score (nSPS) is 18.2. The third-order valence-corrected chi connectivity index (χ3v) is 6.76. The Morgan fingerprint density at radius 3 is 2.25 bits per heavy atom. The number of esters is 1. The molecule has 5 nitrogen and oxygen atoms in total. The number of aryl methyl sites for hydroxylation is 1. The van der Waals surface area contributed by atoms with Crippen molar-refractivity contribution >= 4 is 29.4 Å². The molecule has 1 aliphatic rings. The number of rotatable bonds is 4. The molecule has 7 heteroatoms. The van der Waals surface area contributed by atoms with E-state index in [1.54, 1.807) is 36.4 Å². The summed E-state index contributed by atoms with van der Waals surface area (Å²) in [5, 5.41) is 0. The standard InChI is InChI=1S/C21H22BNO4S/c1-14-4-10-18(11-5-14)28(25,26)23-12-15(2)20(19(22)13-23)16-6-8-17(9-7-16)21(24)27-3/h4-11,15H,12-13H2,1-3H3/t15-/m0/s1. The fourth-order valence-corrected chi connectivity index (χ4v) is 4.98. The van der Waals surface area contributed by atoms with Crippen molar-refractivity contribution in [3.05, 3.63) is 70.7 Å². The first-order valence-corrected chi connectivity index (χ1v) is 10.4. The van der Waals surface area contributed by atoms with Crippen LogP contribution in [-0.4, -0.2) is 46.7 Å². The van der Waals surface area contributed by atoms with Gasteiger partial charge in [0.1, 0.15) is 7.85 Å². The maximum absolute atomic E-state index is 13.0. The number of sulfonamides is 1. The van der Waals surface area contributed by atoms with Crippen molar-refractivity contribution in [3.63, 3.8) is 0 Å². The van der Waals surface area contributed by atoms with Crippen molar-refractivity contribution < 1.29 is 17.9 Å². The third-order valence-electron chi connectivity index (χ3n) is 4.94. The van der Waals surface area contributed by atoms with E-state index in [4.69, 9.17) is 12.6 Å². The van der Waals surface area contributed by atoms with Crippen LogP contribution in [-0.2, 0) is 14.8 Å². The maximum Gasteiger partial charge on any atom is 0.337 e. The Kier molecular flexibility index (Phi) is 5.77. The van der Waals surface area contributed by atoms with Crippen LogP contribution in [0.2, 0.25) is 0 Å². The lowest BCUT2D eigenvalue weighted by molar-refractivity contribution is 0.0600. The van der Waals surface area contributed by atoms with Crippen molar-refractivity contribution in [2.75, 3.05) is 20.2 Å². The van der Waals surface area contributed by atoms with Gasteiger partial charge in [0.2, 0.25) is 10.0 Å². The highest BCUT2D eigenvalue weighted by Crippen LogP contribution is 2.33. The van der Waals surface area contributed by atoms with Crippen LogP contribution in [0.4, 0.5) is 0 Å². The highest BCUT2D eigenvalue weighted by atomic mass is 32.2. The van der Waals surface area contributed by atoms with Gasteiger partial charge in [-0.2, -0.15) is 4.31 Å². The molecule has 2 aromatic rings. The van der Waals surface area contributed by atoms with E-state index in [1.165, 1.54) is 11.4 Å². The van der Waals surface area contributed by atoms with Crippen molar-refractivity contribution in [2.24, 2.45) is 5.92 Å². The van der Waals surface area contributed by atoms with E-state index in [1.807, 2.05) is 26.0 Å². The molecule has 28 heavy (non-hydrogen) atoms. The molecule has 0 aliphatic carbocycles. The number of benzene rings is 2. The van der Waals surface area contributed by atoms with Gasteiger partial charge in [0.15, 0.2) is 0 Å². The van der Waals surface area contributed by atoms with Crippen molar-refractivity contribution in [1.82, 2.24) is 4.31 Å². The van der Waals surface area contributed by atoms with Gasteiger partial charge in [0, 0.05) is 13.1 Å². The SMILES string of the molecule is [B]C1=C(c2ccc(C(=O)OC)cc2)[C@@H](C)CN(S(=O)(=O)c2ccc(C)cc2)C1. The summed E-state index contributed by atoms with van der Waals surface area (Å²) in [6, 6.07) is 13.8. The van der Waals surface area contributed by atoms with Gasteiger partial charge < -0.3 is 4.74 Å². The highest BCUT2D eigenvalue weighted by Gasteiger charge is 2.32. The number of ether oxygens (including phenoxy) is 1. The Labute approximate surface area is 167 Å². The first-order valence-electron chi connectivity index (χ1n) is 8.98. The Morgan fingerprint density at radius 1 is 1.11 bits per heavy atom. The number of hydrogen-bond acceptors (Lipinski definition) is 4. The lowest BCUT2D eigenvalue weighted by atomic mass is 9.78. The lowest BCUT2D eigenvalue weighted by Gasteiger charge is -2.34. The van der Waals surface area contributed by atoms with E-state index in [0.29, 0.717) is 17.6 Å². The molecule has 0 amide bonds. The van der Waals surface area contributed by atoms with E-state index < -0.39 is 16.0 Å². The minimum atomic E-state index is -3.61. The molecule has 2 radical (unpaired) electrons. The second kappa shape index (κ2) is 7.93. The van der Waals surface area contributed by atoms with Crippen LogP contribution >= 0.6 is 0 Å². The summed E-state index contributed by atoms with van der Waals surface area (Å²) in [6.45, 7) is 4.34. The lowest BCUT2D eigenvalue weighted by Crippen LogP contribution is -2.40. The summed E-state index contributed by atoms with van der Waals surface area (Å²) in [7, 11) is 4.02. The molecule has 1 atom stereocenters. The van der Waals surface area contributed by atoms with Crippen LogP contribution in [0.1, 0.15) is 28.4 Å². The van der Waals surface area contributed by atoms with E-state index >= 15 is 0 Å². The first kappa shape index (κ1) is 20.4. The van der Waals surface area contributed by atoms with Gasteiger partial charge in [0.25, 0.3) is 0 Å². The predicted octanol–water partition coefficient (Wildman–Crippen LogP) is 3.00. The molecular weight excluding hydrogens is 373 g/mol. The summed E-state index contributed by atoms with van der Waals surface area (Å²) >= 11 is 0. The van der Waals surface area contributed by atoms with Crippen LogP contribution in [0.25, 0.3) is 5.57 Å². The molecule has 1 aliphatic heterocycles. The van der Waals surface area contributed by atoms with Gasteiger partial charge in [0.05, 0.1) is 17.6 Å². The Bertz CT molecular complexity index is 1010. The quantitative estimate of drug-likeness (QED) is 0.590. The Morgan fingerprint density at radius 2 is 1.71 bits per heavy atom. The van der Waals surface area contributed by atoms with Gasteiger partial charge in [-0.1, -0.05) is 42.2 Å². The topological polar surface area (TPSA) is 63.7 Å². The average Bonchev–Trinajstić information content (AvgIpc) is 2.67. The van der Waals surface area contributed by atoms with Crippen LogP contribution in [0.5, 0.6) is 0 Å². The van der Waals surface area contributed by atoms with E-state index in [2.05, 4.69) is 0 Å². The zero-order valence-electron chi connectivity index (χ0n) is 16.2. The summed E-state index contributed by atoms with van der Waals surface area (Å²) in [5.41, 5.74) is 3.76. The summed E-state index contributed by atoms with van der Waals surface area (Å²) in [6.07, 6.45) is 0. The molecule has 0 bridgehead atoms. The minimum Gasteiger partial charge on any atom is -0.465 e. The number of hydrogen-bond donors (Lipinski definition) is 0. The van der Waals surface area contributed by atoms with Crippen LogP contribution in [0.3, 0.4) is 0 Å². The van der Waals surface area contributed by atoms with E-state index in [9.17, 15) is 13.2 Å². The molecule has 1 heterocycles. The first-order chi connectivity index (χ1) is 13.2. The largest absolute Gasteiger partial charge is 0.465 e. The number of methoxy groups -OCH3 is 1. The second-order valence-corrected chi connectivity index (χ2v) is 8.96. The predicted molar refractivity (Wildman–Crippen MR) is 110 cm³/mol. The zero-order chi connectivity index (χ0) is 20.5. The minimum absolute atomic E-state index is 0.0852. The van der Waals surface area contributed by atoms with Gasteiger partial charge in [-0.05, 0) is 48.2 Å². The molecule has 0 N–H and O–H groups in total. The molecule has 0 aromatic heterocycles. The smallest absolute Gasteiger partial charge is 0.337 e. The zero-order valence-corrected chi connectivity index (χ0v) is 17.0. The molecular formula is C21H22BNO4S. The fourth-order valence-electron chi connectivity index (χ4n) is 3.47. The van der Waals surface area contributed by atoms with Crippen LogP contribution in [0, 0.1) is 12.8 Å². The molecule has 2 aromatic carbocycles. The molecule has 0 spiro atoms. The van der Waals surface area contributed by atoms with Gasteiger partial charge >= 0.3 is 5.97 Å². The third kappa shape index (κ3) is 3.91. The Balaban J connectivity index is 1.89. The molecule has 0 unspecified atom stereocenters. The molecule has 0 saturated carbocycles. The number of carbonyl (C=O) groups is 1. The van der Waals surface area contributed by atoms with Gasteiger partial charge in [-0.15, -0.1) is 0 Å².